The largest absolute Gasteiger partial charge is 0.343 e. The first-order chi connectivity index (χ1) is 8.56. The van der Waals surface area contributed by atoms with Crippen molar-refractivity contribution in [2.45, 2.75) is 0 Å². The van der Waals surface area contributed by atoms with Crippen LogP contribution in [-0.2, 0) is 4.79 Å². The Hall–Kier alpha value is -2.28. The Kier molecular flexibility index (Phi) is 3.33. The second-order valence-electron chi connectivity index (χ2n) is 3.49. The molecule has 1 aromatic rings. The summed E-state index contributed by atoms with van der Waals surface area (Å²) in [6, 6.07) is 5.31. The topological polar surface area (TPSA) is 90.5 Å². The Balaban J connectivity index is 1.95. The molecule has 18 heavy (non-hydrogen) atoms. The Bertz CT molecular complexity index is 520. The van der Waals surface area contributed by atoms with Gasteiger partial charge in [0.1, 0.15) is 6.54 Å². The van der Waals surface area contributed by atoms with Crippen LogP contribution in [0.3, 0.4) is 0 Å². The van der Waals surface area contributed by atoms with Gasteiger partial charge in [-0.2, -0.15) is 0 Å². The smallest absolute Gasteiger partial charge is 0.305 e. The lowest BCUT2D eigenvalue weighted by Crippen LogP contribution is -2.46. The molecule has 8 heteroatoms. The summed E-state index contributed by atoms with van der Waals surface area (Å²) >= 11 is 5.85. The number of amides is 5. The molecule has 1 heterocycles. The van der Waals surface area contributed by atoms with E-state index in [0.717, 1.165) is 5.01 Å². The monoisotopic (exact) mass is 268 g/mol. The Morgan fingerprint density at radius 3 is 2.67 bits per heavy atom. The van der Waals surface area contributed by atoms with E-state index in [4.69, 9.17) is 11.6 Å². The maximum atomic E-state index is 11.6. The number of hydrogen-bond donors (Lipinski definition) is 3. The Morgan fingerprint density at radius 2 is 2.06 bits per heavy atom. The van der Waals surface area contributed by atoms with Crippen LogP contribution in [0.4, 0.5) is 15.3 Å². The van der Waals surface area contributed by atoms with Crippen molar-refractivity contribution in [3.63, 3.8) is 0 Å². The first kappa shape index (κ1) is 12.2. The number of nitrogens with zero attached hydrogens (tertiary/aromatic N) is 1. The lowest BCUT2D eigenvalue weighted by molar-refractivity contribution is -0.118. The van der Waals surface area contributed by atoms with Gasteiger partial charge in [0.15, 0.2) is 0 Å². The van der Waals surface area contributed by atoms with E-state index in [0.29, 0.717) is 10.7 Å². The summed E-state index contributed by atoms with van der Waals surface area (Å²) < 4.78 is 0. The summed E-state index contributed by atoms with van der Waals surface area (Å²) in [4.78, 5) is 33.6. The van der Waals surface area contributed by atoms with Crippen molar-refractivity contribution in [2.24, 2.45) is 0 Å². The maximum absolute atomic E-state index is 11.6. The summed E-state index contributed by atoms with van der Waals surface area (Å²) in [5.74, 6) is -0.474. The highest BCUT2D eigenvalue weighted by molar-refractivity contribution is 6.33. The molecule has 1 saturated heterocycles. The third-order valence-corrected chi connectivity index (χ3v) is 2.48. The molecule has 1 aromatic carbocycles. The number of hydrazine groups is 1. The molecule has 3 N–H and O–H groups in total. The van der Waals surface area contributed by atoms with E-state index in [-0.39, 0.29) is 6.54 Å². The van der Waals surface area contributed by atoms with Gasteiger partial charge in [-0.25, -0.2) is 20.0 Å². The summed E-state index contributed by atoms with van der Waals surface area (Å²) in [6.07, 6.45) is 0. The highest BCUT2D eigenvalue weighted by atomic mass is 35.5. The Morgan fingerprint density at radius 1 is 1.33 bits per heavy atom. The van der Waals surface area contributed by atoms with Gasteiger partial charge >= 0.3 is 12.1 Å². The second-order valence-corrected chi connectivity index (χ2v) is 3.89. The summed E-state index contributed by atoms with van der Waals surface area (Å²) in [7, 11) is 0. The van der Waals surface area contributed by atoms with E-state index in [1.165, 1.54) is 0 Å². The van der Waals surface area contributed by atoms with Crippen molar-refractivity contribution in [2.75, 3.05) is 11.9 Å². The second kappa shape index (κ2) is 4.92. The molecule has 2 rings (SSSR count). The van der Waals surface area contributed by atoms with Crippen molar-refractivity contribution in [1.29, 1.82) is 0 Å². The van der Waals surface area contributed by atoms with Gasteiger partial charge in [-0.15, -0.1) is 0 Å². The van der Waals surface area contributed by atoms with Crippen LogP contribution in [0.2, 0.25) is 5.02 Å². The molecule has 5 amide bonds. The quantitative estimate of drug-likeness (QED) is 0.697. The molecule has 1 aliphatic heterocycles. The summed E-state index contributed by atoms with van der Waals surface area (Å²) in [5, 5.41) is 5.72. The van der Waals surface area contributed by atoms with Crippen LogP contribution in [-0.4, -0.2) is 29.5 Å². The minimum atomic E-state index is -0.672. The van der Waals surface area contributed by atoms with E-state index in [1.807, 2.05) is 5.32 Å². The normalized spacial score (nSPS) is 14.4. The van der Waals surface area contributed by atoms with Crippen LogP contribution in [0.5, 0.6) is 0 Å². The number of para-hydroxylation sites is 1. The van der Waals surface area contributed by atoms with Gasteiger partial charge in [-0.1, -0.05) is 23.7 Å². The molecule has 94 valence electrons. The van der Waals surface area contributed by atoms with Gasteiger partial charge < -0.3 is 5.32 Å². The summed E-state index contributed by atoms with van der Waals surface area (Å²) in [5.41, 5.74) is 2.63. The van der Waals surface area contributed by atoms with Crippen molar-refractivity contribution < 1.29 is 14.4 Å². The molecule has 0 radical (unpaired) electrons. The first-order valence-corrected chi connectivity index (χ1v) is 5.37. The zero-order valence-electron chi connectivity index (χ0n) is 9.07. The molecule has 0 aromatic heterocycles. The van der Waals surface area contributed by atoms with Crippen molar-refractivity contribution >= 4 is 35.3 Å². The molecule has 0 saturated carbocycles. The Labute approximate surface area is 107 Å². The van der Waals surface area contributed by atoms with Crippen LogP contribution in [0.15, 0.2) is 24.3 Å². The molecular formula is C10H9ClN4O3. The van der Waals surface area contributed by atoms with Crippen LogP contribution < -0.4 is 16.1 Å². The zero-order chi connectivity index (χ0) is 13.1. The number of benzene rings is 1. The lowest BCUT2D eigenvalue weighted by atomic mass is 10.3. The van der Waals surface area contributed by atoms with Gasteiger partial charge in [0.25, 0.3) is 0 Å². The fourth-order valence-electron chi connectivity index (χ4n) is 1.37. The average Bonchev–Trinajstić information content (AvgIpc) is 2.61. The zero-order valence-corrected chi connectivity index (χ0v) is 9.82. The number of halogens is 1. The molecule has 7 nitrogen and oxygen atoms in total. The van der Waals surface area contributed by atoms with Gasteiger partial charge in [0.2, 0.25) is 5.91 Å². The molecule has 0 atom stereocenters. The minimum absolute atomic E-state index is 0.214. The lowest BCUT2D eigenvalue weighted by Gasteiger charge is -2.15. The number of urea groups is 2. The number of imide groups is 1. The minimum Gasteiger partial charge on any atom is -0.305 e. The average molecular weight is 269 g/mol. The van der Waals surface area contributed by atoms with E-state index in [2.05, 4.69) is 10.7 Å². The van der Waals surface area contributed by atoms with Crippen LogP contribution >= 0.6 is 11.6 Å². The van der Waals surface area contributed by atoms with Gasteiger partial charge in [-0.05, 0) is 12.1 Å². The number of rotatable bonds is 2. The maximum Gasteiger partial charge on any atom is 0.343 e. The van der Waals surface area contributed by atoms with E-state index in [9.17, 15) is 14.4 Å². The number of carbonyl (C=O) groups excluding carboxylic acids is 3. The number of anilines is 1. The van der Waals surface area contributed by atoms with Crippen LogP contribution in [0.1, 0.15) is 0 Å². The van der Waals surface area contributed by atoms with Gasteiger partial charge in [-0.3, -0.25) is 10.1 Å². The predicted molar refractivity (Wildman–Crippen MR) is 63.9 cm³/mol. The van der Waals surface area contributed by atoms with Crippen molar-refractivity contribution in [3.8, 4) is 0 Å². The first-order valence-electron chi connectivity index (χ1n) is 5.00. The number of carbonyl (C=O) groups is 3. The van der Waals surface area contributed by atoms with Crippen LogP contribution in [0.25, 0.3) is 0 Å². The number of hydrogen-bond acceptors (Lipinski definition) is 3. The molecule has 1 fully saturated rings. The molecule has 0 aliphatic carbocycles. The van der Waals surface area contributed by atoms with Gasteiger partial charge in [0, 0.05) is 0 Å². The third-order valence-electron chi connectivity index (χ3n) is 2.15. The molecule has 0 spiro atoms. The van der Waals surface area contributed by atoms with Crippen molar-refractivity contribution in [3.05, 3.63) is 29.3 Å². The van der Waals surface area contributed by atoms with E-state index < -0.39 is 18.0 Å². The fraction of sp³-hybridized carbons (Fsp3) is 0.100. The van der Waals surface area contributed by atoms with Crippen LogP contribution in [0, 0.1) is 0 Å². The van der Waals surface area contributed by atoms with E-state index in [1.54, 1.807) is 24.3 Å². The molecule has 0 bridgehead atoms. The molecular weight excluding hydrogens is 260 g/mol. The molecule has 0 unspecified atom stereocenters. The fourth-order valence-corrected chi connectivity index (χ4v) is 1.55. The number of nitrogens with one attached hydrogen (secondary N) is 3. The van der Waals surface area contributed by atoms with Gasteiger partial charge in [0.05, 0.1) is 10.7 Å². The van der Waals surface area contributed by atoms with E-state index >= 15 is 0 Å². The highest BCUT2D eigenvalue weighted by Gasteiger charge is 2.28. The standard InChI is InChI=1S/C10H9ClN4O3/c11-6-3-1-2-4-7(6)12-9(17)14-15-5-8(16)13-10(15)18/h1-4H,5H2,(H2,12,14,17)(H,13,16,18). The summed E-state index contributed by atoms with van der Waals surface area (Å²) in [6.45, 7) is -0.214. The van der Waals surface area contributed by atoms with Crippen molar-refractivity contribution in [1.82, 2.24) is 15.8 Å². The highest BCUT2D eigenvalue weighted by Crippen LogP contribution is 2.20. The predicted octanol–water partition coefficient (Wildman–Crippen LogP) is 0.928. The third kappa shape index (κ3) is 2.69. The molecule has 1 aliphatic rings. The SMILES string of the molecule is O=C1CN(NC(=O)Nc2ccccc2Cl)C(=O)N1.